The number of nitrogens with zero attached hydrogens (tertiary/aromatic N) is 1. The van der Waals surface area contributed by atoms with E-state index in [-0.39, 0.29) is 12.4 Å². The molecular formula is C18H25ClN2O. The second kappa shape index (κ2) is 7.82. The maximum atomic E-state index is 5.84. The molecule has 0 spiro atoms. The number of benzene rings is 2. The van der Waals surface area contributed by atoms with E-state index in [4.69, 9.17) is 10.5 Å². The molecule has 0 aromatic heterocycles. The van der Waals surface area contributed by atoms with Gasteiger partial charge in [0.25, 0.3) is 0 Å². The number of hydrogen-bond acceptors (Lipinski definition) is 3. The van der Waals surface area contributed by atoms with E-state index in [1.807, 2.05) is 0 Å². The largest absolute Gasteiger partial charge is 0.496 e. The molecule has 0 radical (unpaired) electrons. The van der Waals surface area contributed by atoms with Crippen LogP contribution in [0.25, 0.3) is 10.8 Å². The zero-order valence-electron chi connectivity index (χ0n) is 13.1. The fraction of sp³-hybridized carbons (Fsp3) is 0.444. The van der Waals surface area contributed by atoms with Crippen LogP contribution in [-0.2, 0) is 6.54 Å². The number of methoxy groups -OCH3 is 1. The van der Waals surface area contributed by atoms with Crippen molar-refractivity contribution in [2.24, 2.45) is 11.7 Å². The molecule has 1 saturated heterocycles. The van der Waals surface area contributed by atoms with E-state index in [0.29, 0.717) is 5.92 Å². The molecule has 2 N–H and O–H groups in total. The highest BCUT2D eigenvalue weighted by atomic mass is 35.5. The molecule has 2 aromatic rings. The molecule has 0 saturated carbocycles. The fourth-order valence-corrected chi connectivity index (χ4v) is 3.38. The van der Waals surface area contributed by atoms with E-state index < -0.39 is 0 Å². The van der Waals surface area contributed by atoms with Gasteiger partial charge in [0, 0.05) is 18.5 Å². The molecule has 1 aliphatic rings. The summed E-state index contributed by atoms with van der Waals surface area (Å²) in [6, 6.07) is 12.8. The van der Waals surface area contributed by atoms with Crippen molar-refractivity contribution in [2.75, 3.05) is 26.7 Å². The van der Waals surface area contributed by atoms with Gasteiger partial charge in [-0.1, -0.05) is 30.3 Å². The number of halogens is 1. The zero-order valence-corrected chi connectivity index (χ0v) is 13.9. The number of nitrogens with two attached hydrogens (primary N) is 1. The molecule has 0 aliphatic carbocycles. The van der Waals surface area contributed by atoms with Crippen LogP contribution in [0.1, 0.15) is 18.4 Å². The van der Waals surface area contributed by atoms with E-state index in [9.17, 15) is 0 Å². The number of fused-ring (bicyclic) bond motifs is 1. The molecule has 4 heteroatoms. The summed E-state index contributed by atoms with van der Waals surface area (Å²) in [6.45, 7) is 4.11. The lowest BCUT2D eigenvalue weighted by molar-refractivity contribution is 0.171. The van der Waals surface area contributed by atoms with Crippen molar-refractivity contribution in [3.63, 3.8) is 0 Å². The fourth-order valence-electron chi connectivity index (χ4n) is 3.38. The van der Waals surface area contributed by atoms with Crippen LogP contribution in [0.15, 0.2) is 36.4 Å². The van der Waals surface area contributed by atoms with E-state index in [1.165, 1.54) is 35.7 Å². The van der Waals surface area contributed by atoms with Crippen LogP contribution in [0.2, 0.25) is 0 Å². The van der Waals surface area contributed by atoms with Gasteiger partial charge in [0.1, 0.15) is 5.75 Å². The van der Waals surface area contributed by atoms with Gasteiger partial charge in [0.15, 0.2) is 0 Å². The first kappa shape index (κ1) is 17.1. The number of ether oxygens (including phenoxy) is 1. The SMILES string of the molecule is COc1ccc(CN2CCCC(CN)C2)c2ccccc12.Cl. The second-order valence-corrected chi connectivity index (χ2v) is 5.95. The molecule has 1 atom stereocenters. The Labute approximate surface area is 138 Å². The molecule has 22 heavy (non-hydrogen) atoms. The standard InChI is InChI=1S/C18H24N2O.ClH/c1-21-18-9-8-15(16-6-2-3-7-17(16)18)13-20-10-4-5-14(11-19)12-20;/h2-3,6-9,14H,4-5,10-13,19H2,1H3;1H. The summed E-state index contributed by atoms with van der Waals surface area (Å²) < 4.78 is 5.48. The Morgan fingerprint density at radius 2 is 1.95 bits per heavy atom. The van der Waals surface area contributed by atoms with E-state index in [1.54, 1.807) is 7.11 Å². The van der Waals surface area contributed by atoms with Crippen LogP contribution in [0.3, 0.4) is 0 Å². The van der Waals surface area contributed by atoms with Crippen molar-refractivity contribution in [1.82, 2.24) is 4.90 Å². The molecule has 1 aliphatic heterocycles. The molecule has 1 fully saturated rings. The average molecular weight is 321 g/mol. The van der Waals surface area contributed by atoms with Gasteiger partial charge in [0.2, 0.25) is 0 Å². The molecule has 3 nitrogen and oxygen atoms in total. The third-order valence-corrected chi connectivity index (χ3v) is 4.52. The third-order valence-electron chi connectivity index (χ3n) is 4.52. The van der Waals surface area contributed by atoms with Crippen LogP contribution in [0.5, 0.6) is 5.75 Å². The lowest BCUT2D eigenvalue weighted by atomic mass is 9.97. The summed E-state index contributed by atoms with van der Waals surface area (Å²) in [5.74, 6) is 1.61. The summed E-state index contributed by atoms with van der Waals surface area (Å²) >= 11 is 0. The second-order valence-electron chi connectivity index (χ2n) is 5.95. The first-order valence-corrected chi connectivity index (χ1v) is 7.79. The van der Waals surface area contributed by atoms with Crippen LogP contribution in [0.4, 0.5) is 0 Å². The highest BCUT2D eigenvalue weighted by molar-refractivity contribution is 5.91. The number of hydrogen-bond donors (Lipinski definition) is 1. The van der Waals surface area contributed by atoms with Gasteiger partial charge in [-0.2, -0.15) is 0 Å². The zero-order chi connectivity index (χ0) is 14.7. The number of likely N-dealkylation sites (tertiary alicyclic amines) is 1. The maximum Gasteiger partial charge on any atom is 0.126 e. The van der Waals surface area contributed by atoms with Gasteiger partial charge in [-0.25, -0.2) is 0 Å². The van der Waals surface area contributed by atoms with E-state index in [0.717, 1.165) is 25.4 Å². The van der Waals surface area contributed by atoms with Gasteiger partial charge in [-0.15, -0.1) is 12.4 Å². The summed E-state index contributed by atoms with van der Waals surface area (Å²) in [5.41, 5.74) is 7.22. The lowest BCUT2D eigenvalue weighted by Gasteiger charge is -2.32. The average Bonchev–Trinajstić information content (AvgIpc) is 2.55. The van der Waals surface area contributed by atoms with Gasteiger partial charge in [-0.3, -0.25) is 4.90 Å². The van der Waals surface area contributed by atoms with Gasteiger partial charge in [0.05, 0.1) is 7.11 Å². The van der Waals surface area contributed by atoms with Crippen molar-refractivity contribution in [3.8, 4) is 5.75 Å². The normalized spacial score (nSPS) is 18.9. The quantitative estimate of drug-likeness (QED) is 0.938. The molecule has 2 aromatic carbocycles. The van der Waals surface area contributed by atoms with Crippen molar-refractivity contribution < 1.29 is 4.74 Å². The number of piperidine rings is 1. The van der Waals surface area contributed by atoms with Gasteiger partial charge >= 0.3 is 0 Å². The van der Waals surface area contributed by atoms with E-state index >= 15 is 0 Å². The van der Waals surface area contributed by atoms with Crippen molar-refractivity contribution in [2.45, 2.75) is 19.4 Å². The van der Waals surface area contributed by atoms with Crippen molar-refractivity contribution in [1.29, 1.82) is 0 Å². The number of rotatable bonds is 4. The summed E-state index contributed by atoms with van der Waals surface area (Å²) in [7, 11) is 1.73. The van der Waals surface area contributed by atoms with Crippen LogP contribution in [0, 0.1) is 5.92 Å². The predicted octanol–water partition coefficient (Wildman–Crippen LogP) is 3.44. The van der Waals surface area contributed by atoms with Gasteiger partial charge < -0.3 is 10.5 Å². The van der Waals surface area contributed by atoms with Crippen LogP contribution in [-0.4, -0.2) is 31.6 Å². The minimum atomic E-state index is 0. The Balaban J connectivity index is 0.00000176. The summed E-state index contributed by atoms with van der Waals surface area (Å²) in [4.78, 5) is 2.54. The third kappa shape index (κ3) is 3.54. The first-order valence-electron chi connectivity index (χ1n) is 7.79. The molecule has 120 valence electrons. The monoisotopic (exact) mass is 320 g/mol. The highest BCUT2D eigenvalue weighted by Crippen LogP contribution is 2.29. The van der Waals surface area contributed by atoms with Gasteiger partial charge in [-0.05, 0) is 48.9 Å². The summed E-state index contributed by atoms with van der Waals surface area (Å²) in [6.07, 6.45) is 2.53. The lowest BCUT2D eigenvalue weighted by Crippen LogP contribution is -2.37. The summed E-state index contributed by atoms with van der Waals surface area (Å²) in [5, 5.41) is 2.50. The predicted molar refractivity (Wildman–Crippen MR) is 94.8 cm³/mol. The minimum Gasteiger partial charge on any atom is -0.496 e. The topological polar surface area (TPSA) is 38.5 Å². The minimum absolute atomic E-state index is 0. The molecule has 0 bridgehead atoms. The Morgan fingerprint density at radius 1 is 1.18 bits per heavy atom. The molecule has 3 rings (SSSR count). The van der Waals surface area contributed by atoms with Crippen LogP contribution >= 0.6 is 12.4 Å². The van der Waals surface area contributed by atoms with Crippen LogP contribution < -0.4 is 10.5 Å². The molecule has 1 heterocycles. The smallest absolute Gasteiger partial charge is 0.126 e. The molecule has 1 unspecified atom stereocenters. The maximum absolute atomic E-state index is 5.84. The highest BCUT2D eigenvalue weighted by Gasteiger charge is 2.19. The Bertz CT molecular complexity index is 617. The Kier molecular flexibility index (Phi) is 6.07. The molecule has 0 amide bonds. The molecular weight excluding hydrogens is 296 g/mol. The van der Waals surface area contributed by atoms with Crippen molar-refractivity contribution >= 4 is 23.2 Å². The Morgan fingerprint density at radius 3 is 2.68 bits per heavy atom. The Hall–Kier alpha value is -1.29. The van der Waals surface area contributed by atoms with Crippen molar-refractivity contribution in [3.05, 3.63) is 42.0 Å². The van der Waals surface area contributed by atoms with E-state index in [2.05, 4.69) is 41.3 Å². The first-order chi connectivity index (χ1) is 10.3.